The molecule has 20 heavy (non-hydrogen) atoms. The first-order chi connectivity index (χ1) is 9.54. The average Bonchev–Trinajstić information content (AvgIpc) is 2.79. The summed E-state index contributed by atoms with van der Waals surface area (Å²) in [5.41, 5.74) is 2.61. The molecule has 1 aromatic heterocycles. The normalized spacial score (nSPS) is 10.2. The molecule has 104 valence electrons. The third kappa shape index (κ3) is 2.54. The van der Waals surface area contributed by atoms with Crippen LogP contribution in [0.4, 0.5) is 5.69 Å². The monoisotopic (exact) mass is 273 g/mol. The number of aryl methyl sites for hydroxylation is 1. The second-order valence-corrected chi connectivity index (χ2v) is 4.31. The predicted octanol–water partition coefficient (Wildman–Crippen LogP) is 2.07. The van der Waals surface area contributed by atoms with E-state index in [1.165, 1.54) is 7.11 Å². The van der Waals surface area contributed by atoms with E-state index in [1.54, 1.807) is 31.2 Å². The lowest BCUT2D eigenvalue weighted by molar-refractivity contribution is 0.0602. The molecule has 0 spiro atoms. The van der Waals surface area contributed by atoms with Crippen molar-refractivity contribution in [3.63, 3.8) is 0 Å². The van der Waals surface area contributed by atoms with Crippen molar-refractivity contribution >= 4 is 17.6 Å². The van der Waals surface area contributed by atoms with Gasteiger partial charge in [-0.05, 0) is 26.0 Å². The summed E-state index contributed by atoms with van der Waals surface area (Å²) in [4.78, 5) is 23.8. The Morgan fingerprint density at radius 3 is 2.55 bits per heavy atom. The minimum absolute atomic E-state index is 0.299. The molecule has 0 unspecified atom stereocenters. The zero-order valence-electron chi connectivity index (χ0n) is 11.5. The topological polar surface area (TPSA) is 84.1 Å². The number of nitrogens with one attached hydrogen (secondary N) is 2. The summed E-state index contributed by atoms with van der Waals surface area (Å²) in [6, 6.07) is 6.65. The highest BCUT2D eigenvalue weighted by molar-refractivity contribution is 6.07. The van der Waals surface area contributed by atoms with Crippen LogP contribution in [0.2, 0.25) is 0 Å². The first kappa shape index (κ1) is 13.8. The fourth-order valence-corrected chi connectivity index (χ4v) is 1.77. The summed E-state index contributed by atoms with van der Waals surface area (Å²) in [6.45, 7) is 3.64. The third-order valence-electron chi connectivity index (χ3n) is 3.05. The molecule has 2 rings (SSSR count). The number of aromatic amines is 1. The Kier molecular flexibility index (Phi) is 3.84. The van der Waals surface area contributed by atoms with Gasteiger partial charge >= 0.3 is 5.97 Å². The zero-order chi connectivity index (χ0) is 14.7. The van der Waals surface area contributed by atoms with E-state index in [-0.39, 0.29) is 5.91 Å². The fourth-order valence-electron chi connectivity index (χ4n) is 1.77. The van der Waals surface area contributed by atoms with Crippen molar-refractivity contribution in [2.75, 3.05) is 12.4 Å². The van der Waals surface area contributed by atoms with Gasteiger partial charge in [-0.2, -0.15) is 5.10 Å². The van der Waals surface area contributed by atoms with Crippen LogP contribution in [-0.4, -0.2) is 29.2 Å². The van der Waals surface area contributed by atoms with E-state index in [0.29, 0.717) is 16.9 Å². The lowest BCUT2D eigenvalue weighted by Crippen LogP contribution is -2.16. The number of H-pyrrole nitrogens is 1. The van der Waals surface area contributed by atoms with E-state index in [2.05, 4.69) is 20.3 Å². The van der Waals surface area contributed by atoms with Crippen molar-refractivity contribution < 1.29 is 14.3 Å². The molecule has 1 amide bonds. The van der Waals surface area contributed by atoms with E-state index in [1.807, 2.05) is 6.92 Å². The summed E-state index contributed by atoms with van der Waals surface area (Å²) in [5, 5.41) is 9.38. The molecule has 1 aromatic carbocycles. The minimum Gasteiger partial charge on any atom is -0.465 e. The Hall–Kier alpha value is -2.63. The van der Waals surface area contributed by atoms with E-state index in [9.17, 15) is 9.59 Å². The van der Waals surface area contributed by atoms with Gasteiger partial charge in [-0.15, -0.1) is 0 Å². The van der Waals surface area contributed by atoms with Gasteiger partial charge in [0.15, 0.2) is 5.69 Å². The number of esters is 1. The van der Waals surface area contributed by atoms with Crippen LogP contribution in [0.1, 0.15) is 32.1 Å². The van der Waals surface area contributed by atoms with Gasteiger partial charge in [-0.3, -0.25) is 9.89 Å². The number of amides is 1. The molecule has 0 atom stereocenters. The van der Waals surface area contributed by atoms with Crippen molar-refractivity contribution in [2.24, 2.45) is 0 Å². The number of hydrogen-bond donors (Lipinski definition) is 2. The van der Waals surface area contributed by atoms with Gasteiger partial charge in [0.25, 0.3) is 5.91 Å². The molecule has 6 nitrogen and oxygen atoms in total. The number of rotatable bonds is 3. The maximum atomic E-state index is 12.2. The molecular weight excluding hydrogens is 258 g/mol. The number of benzene rings is 1. The van der Waals surface area contributed by atoms with Crippen molar-refractivity contribution in [3.8, 4) is 0 Å². The van der Waals surface area contributed by atoms with Crippen LogP contribution in [0.25, 0.3) is 0 Å². The molecule has 0 bridgehead atoms. The number of hydrogen-bond acceptors (Lipinski definition) is 4. The van der Waals surface area contributed by atoms with Crippen LogP contribution in [0.15, 0.2) is 24.3 Å². The predicted molar refractivity (Wildman–Crippen MR) is 73.8 cm³/mol. The highest BCUT2D eigenvalue weighted by atomic mass is 16.5. The molecule has 1 heterocycles. The van der Waals surface area contributed by atoms with Crippen molar-refractivity contribution in [3.05, 3.63) is 46.8 Å². The number of carbonyl (C=O) groups excluding carboxylic acids is 2. The van der Waals surface area contributed by atoms with E-state index >= 15 is 0 Å². The Morgan fingerprint density at radius 1 is 1.25 bits per heavy atom. The number of carbonyl (C=O) groups is 2. The lowest BCUT2D eigenvalue weighted by Gasteiger charge is -2.08. The van der Waals surface area contributed by atoms with Gasteiger partial charge in [0.05, 0.1) is 18.4 Å². The summed E-state index contributed by atoms with van der Waals surface area (Å²) in [5.74, 6) is -0.876. The molecule has 2 aromatic rings. The van der Waals surface area contributed by atoms with Crippen LogP contribution in [-0.2, 0) is 4.74 Å². The smallest absolute Gasteiger partial charge is 0.339 e. The summed E-state index contributed by atoms with van der Waals surface area (Å²) in [6.07, 6.45) is 0. The van der Waals surface area contributed by atoms with Crippen LogP contribution in [0.3, 0.4) is 0 Å². The van der Waals surface area contributed by atoms with Crippen LogP contribution in [0.5, 0.6) is 0 Å². The Labute approximate surface area is 116 Å². The van der Waals surface area contributed by atoms with Crippen molar-refractivity contribution in [1.29, 1.82) is 0 Å². The van der Waals surface area contributed by atoms with Crippen molar-refractivity contribution in [1.82, 2.24) is 10.2 Å². The molecule has 2 N–H and O–H groups in total. The Morgan fingerprint density at radius 2 is 1.95 bits per heavy atom. The molecule has 0 aliphatic carbocycles. The van der Waals surface area contributed by atoms with Gasteiger partial charge in [-0.1, -0.05) is 12.1 Å². The van der Waals surface area contributed by atoms with Crippen molar-refractivity contribution in [2.45, 2.75) is 13.8 Å². The summed E-state index contributed by atoms with van der Waals surface area (Å²) in [7, 11) is 1.29. The van der Waals surface area contributed by atoms with Gasteiger partial charge in [0, 0.05) is 11.3 Å². The quantitative estimate of drug-likeness (QED) is 0.838. The Bertz CT molecular complexity index is 661. The van der Waals surface area contributed by atoms with E-state index < -0.39 is 5.97 Å². The zero-order valence-corrected chi connectivity index (χ0v) is 11.5. The Balaban J connectivity index is 2.29. The third-order valence-corrected chi connectivity index (χ3v) is 3.05. The van der Waals surface area contributed by atoms with E-state index in [0.717, 1.165) is 11.3 Å². The van der Waals surface area contributed by atoms with Gasteiger partial charge < -0.3 is 10.1 Å². The standard InChI is InChI=1S/C14H15N3O3/c1-8-9(2)16-17-12(8)13(18)15-11-7-5-4-6-10(11)14(19)20-3/h4-7H,1-3H3,(H,15,18)(H,16,17). The highest BCUT2D eigenvalue weighted by Gasteiger charge is 2.18. The number of aromatic nitrogens is 2. The van der Waals surface area contributed by atoms with Crippen LogP contribution >= 0.6 is 0 Å². The number of nitrogens with zero attached hydrogens (tertiary/aromatic N) is 1. The molecule has 0 radical (unpaired) electrons. The number of anilines is 1. The molecule has 0 aliphatic heterocycles. The molecule has 0 saturated heterocycles. The largest absolute Gasteiger partial charge is 0.465 e. The molecule has 6 heteroatoms. The van der Waals surface area contributed by atoms with Crippen LogP contribution in [0, 0.1) is 13.8 Å². The average molecular weight is 273 g/mol. The molecule has 0 fully saturated rings. The number of ether oxygens (including phenoxy) is 1. The van der Waals surface area contributed by atoms with E-state index in [4.69, 9.17) is 0 Å². The van der Waals surface area contributed by atoms with Crippen LogP contribution < -0.4 is 5.32 Å². The molecule has 0 aliphatic rings. The second-order valence-electron chi connectivity index (χ2n) is 4.31. The van der Waals surface area contributed by atoms with Gasteiger partial charge in [0.1, 0.15) is 0 Å². The fraction of sp³-hybridized carbons (Fsp3) is 0.214. The molecule has 0 saturated carbocycles. The highest BCUT2D eigenvalue weighted by Crippen LogP contribution is 2.18. The first-order valence-electron chi connectivity index (χ1n) is 6.05. The maximum Gasteiger partial charge on any atom is 0.339 e. The van der Waals surface area contributed by atoms with Gasteiger partial charge in [0.2, 0.25) is 0 Å². The SMILES string of the molecule is COC(=O)c1ccccc1NC(=O)c1n[nH]c(C)c1C. The summed E-state index contributed by atoms with van der Waals surface area (Å²) < 4.78 is 4.68. The van der Waals surface area contributed by atoms with Gasteiger partial charge in [-0.25, -0.2) is 4.79 Å². The summed E-state index contributed by atoms with van der Waals surface area (Å²) >= 11 is 0. The second kappa shape index (κ2) is 5.56. The number of methoxy groups -OCH3 is 1. The lowest BCUT2D eigenvalue weighted by atomic mass is 10.1. The first-order valence-corrected chi connectivity index (χ1v) is 6.05. The maximum absolute atomic E-state index is 12.2. The number of para-hydroxylation sites is 1. The minimum atomic E-state index is -0.504. The molecular formula is C14H15N3O3.